The Balaban J connectivity index is 2.05. The number of halogens is 2. The van der Waals surface area contributed by atoms with Gasteiger partial charge in [0.25, 0.3) is 5.56 Å². The summed E-state index contributed by atoms with van der Waals surface area (Å²) in [7, 11) is 0. The molecule has 3 aromatic rings. The average Bonchev–Trinajstić information content (AvgIpc) is 3.05. The Hall–Kier alpha value is -4.01. The third kappa shape index (κ3) is 3.10. The predicted molar refractivity (Wildman–Crippen MR) is 108 cm³/mol. The van der Waals surface area contributed by atoms with Crippen molar-refractivity contribution in [1.82, 2.24) is 4.57 Å². The van der Waals surface area contributed by atoms with Crippen molar-refractivity contribution in [3.8, 4) is 12.1 Å². The van der Waals surface area contributed by atoms with E-state index >= 15 is 0 Å². The minimum Gasteiger partial charge on any atom is -0.397 e. The Labute approximate surface area is 173 Å². The predicted octanol–water partition coefficient (Wildman–Crippen LogP) is 2.03. The first-order valence-electron chi connectivity index (χ1n) is 8.73. The van der Waals surface area contributed by atoms with Gasteiger partial charge in [-0.1, -0.05) is 24.3 Å². The van der Waals surface area contributed by atoms with E-state index in [-0.39, 0.29) is 16.8 Å². The van der Waals surface area contributed by atoms with E-state index in [1.165, 1.54) is 53.1 Å². The van der Waals surface area contributed by atoms with Gasteiger partial charge in [-0.15, -0.1) is 11.3 Å². The SMILES string of the molecule is N#CC1=C(N)C(C#N)=c2s/c(=C/c3ccc(F)cc3)c(=O)n2C1c1ccc(F)cc1. The van der Waals surface area contributed by atoms with Gasteiger partial charge in [0.15, 0.2) is 0 Å². The van der Waals surface area contributed by atoms with Gasteiger partial charge >= 0.3 is 0 Å². The zero-order chi connectivity index (χ0) is 21.4. The lowest BCUT2D eigenvalue weighted by atomic mass is 9.93. The molecule has 0 radical (unpaired) electrons. The van der Waals surface area contributed by atoms with Gasteiger partial charge in [-0.25, -0.2) is 8.78 Å². The number of nitriles is 2. The van der Waals surface area contributed by atoms with E-state index < -0.39 is 23.2 Å². The molecule has 0 saturated heterocycles. The number of rotatable bonds is 2. The molecule has 1 atom stereocenters. The van der Waals surface area contributed by atoms with Crippen molar-refractivity contribution < 1.29 is 8.78 Å². The monoisotopic (exact) mass is 418 g/mol. The Kier molecular flexibility index (Phi) is 4.78. The fraction of sp³-hybridized carbons (Fsp3) is 0.0455. The number of thiazole rings is 1. The number of hydrogen-bond donors (Lipinski definition) is 1. The van der Waals surface area contributed by atoms with E-state index in [1.807, 2.05) is 12.1 Å². The molecule has 30 heavy (non-hydrogen) atoms. The Bertz CT molecular complexity index is 1450. The number of hydrogen-bond acceptors (Lipinski definition) is 5. The second-order valence-corrected chi connectivity index (χ2v) is 7.55. The van der Waals surface area contributed by atoms with Gasteiger partial charge in [-0.05, 0) is 41.5 Å². The van der Waals surface area contributed by atoms with Gasteiger partial charge < -0.3 is 5.73 Å². The number of benzene rings is 2. The number of aromatic nitrogens is 1. The van der Waals surface area contributed by atoms with Crippen molar-refractivity contribution >= 4 is 23.0 Å². The maximum atomic E-state index is 13.4. The molecule has 5 nitrogen and oxygen atoms in total. The number of fused-ring (bicyclic) bond motifs is 1. The molecule has 1 unspecified atom stereocenters. The second-order valence-electron chi connectivity index (χ2n) is 6.52. The standard InChI is InChI=1S/C22H12F2N4OS/c23-14-5-1-12(2-6-14)9-18-21(29)28-20(13-3-7-15(24)8-4-13)16(10-25)19(27)17(11-26)22(28)30-18/h1-9,20H,27H2/b18-9+. The molecule has 2 heterocycles. The third-order valence-corrected chi connectivity index (χ3v) is 5.85. The van der Waals surface area contributed by atoms with E-state index in [0.717, 1.165) is 11.3 Å². The first-order chi connectivity index (χ1) is 14.4. The second kappa shape index (κ2) is 7.43. The van der Waals surface area contributed by atoms with Crippen molar-refractivity contribution in [3.05, 3.63) is 102 Å². The van der Waals surface area contributed by atoms with Crippen molar-refractivity contribution in [1.29, 1.82) is 10.5 Å². The smallest absolute Gasteiger partial charge is 0.269 e. The van der Waals surface area contributed by atoms with Crippen molar-refractivity contribution in [2.75, 3.05) is 0 Å². The summed E-state index contributed by atoms with van der Waals surface area (Å²) in [6.45, 7) is 0. The summed E-state index contributed by atoms with van der Waals surface area (Å²) >= 11 is 1.06. The molecule has 1 aromatic heterocycles. The van der Waals surface area contributed by atoms with Crippen LogP contribution in [-0.4, -0.2) is 4.57 Å². The highest BCUT2D eigenvalue weighted by atomic mass is 32.1. The zero-order valence-corrected chi connectivity index (χ0v) is 16.1. The van der Waals surface area contributed by atoms with Crippen LogP contribution in [0.3, 0.4) is 0 Å². The Morgan fingerprint density at radius 3 is 2.17 bits per heavy atom. The molecule has 2 aromatic carbocycles. The summed E-state index contributed by atoms with van der Waals surface area (Å²) in [6.07, 6.45) is 1.58. The van der Waals surface area contributed by atoms with Crippen LogP contribution in [0.4, 0.5) is 8.78 Å². The quantitative estimate of drug-likeness (QED) is 0.689. The number of nitrogens with two attached hydrogens (primary N) is 1. The van der Waals surface area contributed by atoms with E-state index in [1.54, 1.807) is 6.08 Å². The molecule has 0 bridgehead atoms. The molecular formula is C22H12F2N4OS. The first-order valence-corrected chi connectivity index (χ1v) is 9.55. The maximum Gasteiger partial charge on any atom is 0.269 e. The Morgan fingerprint density at radius 1 is 1.00 bits per heavy atom. The summed E-state index contributed by atoms with van der Waals surface area (Å²) in [5.41, 5.74) is 6.83. The minimum absolute atomic E-state index is 0.0103. The topological polar surface area (TPSA) is 95.6 Å². The normalized spacial score (nSPS) is 16.2. The van der Waals surface area contributed by atoms with E-state index in [4.69, 9.17) is 5.73 Å². The van der Waals surface area contributed by atoms with Crippen LogP contribution in [0.25, 0.3) is 11.6 Å². The summed E-state index contributed by atoms with van der Waals surface area (Å²) in [5.74, 6) is -0.862. The van der Waals surface area contributed by atoms with Crippen LogP contribution in [0.5, 0.6) is 0 Å². The third-order valence-electron chi connectivity index (χ3n) is 4.75. The van der Waals surface area contributed by atoms with Gasteiger partial charge in [0.2, 0.25) is 0 Å². The van der Waals surface area contributed by atoms with Gasteiger partial charge in [0, 0.05) is 0 Å². The van der Waals surface area contributed by atoms with Crippen molar-refractivity contribution in [2.45, 2.75) is 6.04 Å². The Morgan fingerprint density at radius 2 is 1.60 bits per heavy atom. The first kappa shape index (κ1) is 19.3. The zero-order valence-electron chi connectivity index (χ0n) is 15.3. The molecule has 0 fully saturated rings. The fourth-order valence-electron chi connectivity index (χ4n) is 3.33. The molecule has 0 aliphatic carbocycles. The molecule has 4 rings (SSSR count). The molecule has 1 aliphatic heterocycles. The number of nitrogens with zero attached hydrogens (tertiary/aromatic N) is 3. The highest BCUT2D eigenvalue weighted by molar-refractivity contribution is 7.07. The molecule has 0 saturated carbocycles. The molecule has 1 aliphatic rings. The maximum absolute atomic E-state index is 13.4. The van der Waals surface area contributed by atoms with E-state index in [9.17, 15) is 24.1 Å². The van der Waals surface area contributed by atoms with Crippen LogP contribution < -0.4 is 20.5 Å². The van der Waals surface area contributed by atoms with Crippen LogP contribution in [-0.2, 0) is 0 Å². The molecule has 0 amide bonds. The lowest BCUT2D eigenvalue weighted by Gasteiger charge is -2.23. The van der Waals surface area contributed by atoms with Crippen molar-refractivity contribution in [3.63, 3.8) is 0 Å². The van der Waals surface area contributed by atoms with Gasteiger partial charge in [-0.3, -0.25) is 9.36 Å². The summed E-state index contributed by atoms with van der Waals surface area (Å²) in [6, 6.07) is 14.1. The molecule has 0 spiro atoms. The fourth-order valence-corrected chi connectivity index (χ4v) is 4.47. The lowest BCUT2D eigenvalue weighted by Crippen LogP contribution is -2.40. The molecular weight excluding hydrogens is 406 g/mol. The summed E-state index contributed by atoms with van der Waals surface area (Å²) < 4.78 is 28.6. The highest BCUT2D eigenvalue weighted by Gasteiger charge is 2.31. The van der Waals surface area contributed by atoms with E-state index in [0.29, 0.717) is 20.3 Å². The van der Waals surface area contributed by atoms with Crippen LogP contribution >= 0.6 is 11.3 Å². The van der Waals surface area contributed by atoms with Crippen LogP contribution in [0.15, 0.2) is 64.6 Å². The van der Waals surface area contributed by atoms with Crippen molar-refractivity contribution in [2.24, 2.45) is 5.73 Å². The van der Waals surface area contributed by atoms with Crippen LogP contribution in [0, 0.1) is 34.3 Å². The molecule has 8 heteroatoms. The number of allylic oxidation sites excluding steroid dienone is 2. The van der Waals surface area contributed by atoms with Crippen LogP contribution in [0.2, 0.25) is 0 Å². The summed E-state index contributed by atoms with van der Waals surface area (Å²) in [4.78, 5) is 13.3. The average molecular weight is 418 g/mol. The molecule has 146 valence electrons. The van der Waals surface area contributed by atoms with Gasteiger partial charge in [0.05, 0.1) is 21.9 Å². The van der Waals surface area contributed by atoms with Gasteiger partial charge in [-0.2, -0.15) is 10.5 Å². The summed E-state index contributed by atoms with van der Waals surface area (Å²) in [5, 5.41) is 19.3. The largest absolute Gasteiger partial charge is 0.397 e. The minimum atomic E-state index is -0.887. The van der Waals surface area contributed by atoms with E-state index in [2.05, 4.69) is 0 Å². The highest BCUT2D eigenvalue weighted by Crippen LogP contribution is 2.30. The van der Waals surface area contributed by atoms with Gasteiger partial charge in [0.1, 0.15) is 34.0 Å². The van der Waals surface area contributed by atoms with Crippen LogP contribution in [0.1, 0.15) is 17.2 Å². The lowest BCUT2D eigenvalue weighted by molar-refractivity contribution is 0.614. The molecule has 2 N–H and O–H groups in total.